The second-order valence-electron chi connectivity index (χ2n) is 5.99. The van der Waals surface area contributed by atoms with E-state index in [1.54, 1.807) is 23.7 Å². The van der Waals surface area contributed by atoms with Gasteiger partial charge in [-0.3, -0.25) is 9.78 Å². The number of para-hydroxylation sites is 1. The highest BCUT2D eigenvalue weighted by atomic mass is 32.1. The van der Waals surface area contributed by atoms with Gasteiger partial charge in [0.1, 0.15) is 6.04 Å². The number of rotatable bonds is 4. The predicted molar refractivity (Wildman–Crippen MR) is 99.7 cm³/mol. The van der Waals surface area contributed by atoms with Crippen LogP contribution in [0.3, 0.4) is 0 Å². The lowest BCUT2D eigenvalue weighted by molar-refractivity contribution is -0.123. The fraction of sp³-hybridized carbons (Fsp3) is 0.278. The molecule has 1 atom stereocenters. The van der Waals surface area contributed by atoms with E-state index in [0.29, 0.717) is 13.1 Å². The highest BCUT2D eigenvalue weighted by molar-refractivity contribution is 7.22. The van der Waals surface area contributed by atoms with Crippen LogP contribution in [0.15, 0.2) is 48.8 Å². The number of benzene rings is 1. The number of nitrogens with one attached hydrogen (secondary N) is 2. The van der Waals surface area contributed by atoms with Crippen LogP contribution in [0, 0.1) is 0 Å². The average molecular weight is 353 g/mol. The van der Waals surface area contributed by atoms with E-state index >= 15 is 0 Å². The van der Waals surface area contributed by atoms with Crippen LogP contribution in [0.25, 0.3) is 10.2 Å². The quantitative estimate of drug-likeness (QED) is 0.748. The van der Waals surface area contributed by atoms with Crippen LogP contribution in [-0.2, 0) is 11.3 Å². The molecule has 1 amide bonds. The molecule has 3 heterocycles. The van der Waals surface area contributed by atoms with E-state index in [1.165, 1.54) is 4.70 Å². The second-order valence-corrected chi connectivity index (χ2v) is 7.00. The number of nitrogens with zero attached hydrogens (tertiary/aromatic N) is 3. The van der Waals surface area contributed by atoms with E-state index in [2.05, 4.69) is 26.6 Å². The number of thiazole rings is 1. The minimum Gasteiger partial charge on any atom is -0.351 e. The fourth-order valence-electron chi connectivity index (χ4n) is 2.91. The van der Waals surface area contributed by atoms with E-state index in [0.717, 1.165) is 29.3 Å². The number of anilines is 1. The molecule has 0 bridgehead atoms. The lowest BCUT2D eigenvalue weighted by Crippen LogP contribution is -2.57. The van der Waals surface area contributed by atoms with Crippen molar-refractivity contribution < 1.29 is 4.79 Å². The molecule has 1 saturated heterocycles. The van der Waals surface area contributed by atoms with Crippen LogP contribution in [0.2, 0.25) is 0 Å². The number of carbonyl (C=O) groups excluding carboxylic acids is 1. The zero-order valence-electron chi connectivity index (χ0n) is 13.7. The van der Waals surface area contributed by atoms with E-state index < -0.39 is 0 Å². The van der Waals surface area contributed by atoms with Crippen molar-refractivity contribution in [3.63, 3.8) is 0 Å². The van der Waals surface area contributed by atoms with Gasteiger partial charge in [0.15, 0.2) is 5.13 Å². The zero-order valence-corrected chi connectivity index (χ0v) is 14.5. The summed E-state index contributed by atoms with van der Waals surface area (Å²) in [7, 11) is 0. The Morgan fingerprint density at radius 2 is 2.12 bits per heavy atom. The van der Waals surface area contributed by atoms with Gasteiger partial charge in [0.25, 0.3) is 0 Å². The summed E-state index contributed by atoms with van der Waals surface area (Å²) < 4.78 is 1.18. The maximum absolute atomic E-state index is 12.5. The van der Waals surface area contributed by atoms with Gasteiger partial charge in [0.2, 0.25) is 5.91 Å². The summed E-state index contributed by atoms with van der Waals surface area (Å²) in [5.74, 6) is 0.0163. The number of hydrogen-bond donors (Lipinski definition) is 2. The molecule has 1 aliphatic heterocycles. The van der Waals surface area contributed by atoms with Crippen LogP contribution in [0.5, 0.6) is 0 Å². The molecule has 7 heteroatoms. The van der Waals surface area contributed by atoms with Crippen LogP contribution in [0.1, 0.15) is 5.56 Å². The molecule has 0 aliphatic carbocycles. The Bertz CT molecular complexity index is 833. The van der Waals surface area contributed by atoms with Gasteiger partial charge in [0, 0.05) is 38.6 Å². The molecule has 128 valence electrons. The third-order valence-electron chi connectivity index (χ3n) is 4.26. The Balaban J connectivity index is 1.41. The standard InChI is InChI=1S/C18H19N5OS/c24-17(21-11-13-5-7-19-8-6-13)15-12-23(10-9-20-15)18-22-14-3-1-2-4-16(14)25-18/h1-8,15,20H,9-12H2,(H,21,24)/t15-/m0/s1. The largest absolute Gasteiger partial charge is 0.351 e. The van der Waals surface area contributed by atoms with Gasteiger partial charge in [0.05, 0.1) is 10.2 Å². The Kier molecular flexibility index (Phi) is 4.58. The average Bonchev–Trinajstić information content (AvgIpc) is 3.11. The van der Waals surface area contributed by atoms with Crippen molar-refractivity contribution in [3.8, 4) is 0 Å². The van der Waals surface area contributed by atoms with Crippen molar-refractivity contribution in [1.82, 2.24) is 20.6 Å². The topological polar surface area (TPSA) is 70.2 Å². The lowest BCUT2D eigenvalue weighted by atomic mass is 10.2. The Morgan fingerprint density at radius 1 is 1.28 bits per heavy atom. The number of pyridine rings is 1. The van der Waals surface area contributed by atoms with Gasteiger partial charge >= 0.3 is 0 Å². The molecule has 1 fully saturated rings. The molecule has 6 nitrogen and oxygen atoms in total. The van der Waals surface area contributed by atoms with Crippen LogP contribution in [-0.4, -0.2) is 41.6 Å². The molecular formula is C18H19N5OS. The number of aromatic nitrogens is 2. The minimum atomic E-state index is -0.234. The first-order valence-electron chi connectivity index (χ1n) is 8.30. The van der Waals surface area contributed by atoms with E-state index in [-0.39, 0.29) is 11.9 Å². The molecule has 0 spiro atoms. The number of carbonyl (C=O) groups is 1. The van der Waals surface area contributed by atoms with Gasteiger partial charge in [-0.15, -0.1) is 0 Å². The number of fused-ring (bicyclic) bond motifs is 1. The van der Waals surface area contributed by atoms with Crippen molar-refractivity contribution in [2.75, 3.05) is 24.5 Å². The summed E-state index contributed by atoms with van der Waals surface area (Å²) in [6.45, 7) is 2.76. The normalized spacial score (nSPS) is 17.6. The third-order valence-corrected chi connectivity index (χ3v) is 5.36. The van der Waals surface area contributed by atoms with Crippen LogP contribution < -0.4 is 15.5 Å². The molecule has 0 saturated carbocycles. The maximum atomic E-state index is 12.5. The van der Waals surface area contributed by atoms with E-state index in [4.69, 9.17) is 4.98 Å². The molecule has 25 heavy (non-hydrogen) atoms. The first kappa shape index (κ1) is 16.0. The molecule has 1 aromatic carbocycles. The predicted octanol–water partition coefficient (Wildman–Crippen LogP) is 1.79. The lowest BCUT2D eigenvalue weighted by Gasteiger charge is -2.32. The number of hydrogen-bond acceptors (Lipinski definition) is 6. The fourth-order valence-corrected chi connectivity index (χ4v) is 3.91. The summed E-state index contributed by atoms with van der Waals surface area (Å²) in [6.07, 6.45) is 3.46. The Morgan fingerprint density at radius 3 is 2.96 bits per heavy atom. The monoisotopic (exact) mass is 353 g/mol. The SMILES string of the molecule is O=C(NCc1ccncc1)[C@@H]1CN(c2nc3ccccc3s2)CCN1. The Labute approximate surface area is 149 Å². The first-order chi connectivity index (χ1) is 12.3. The molecule has 0 radical (unpaired) electrons. The first-order valence-corrected chi connectivity index (χ1v) is 9.12. The van der Waals surface area contributed by atoms with Gasteiger partial charge in [-0.2, -0.15) is 0 Å². The minimum absolute atomic E-state index is 0.0163. The van der Waals surface area contributed by atoms with E-state index in [1.807, 2.05) is 30.3 Å². The van der Waals surface area contributed by atoms with Crippen LogP contribution >= 0.6 is 11.3 Å². The highest BCUT2D eigenvalue weighted by Gasteiger charge is 2.26. The third kappa shape index (κ3) is 3.62. The van der Waals surface area contributed by atoms with Gasteiger partial charge < -0.3 is 15.5 Å². The van der Waals surface area contributed by atoms with Crippen molar-refractivity contribution >= 4 is 32.6 Å². The molecular weight excluding hydrogens is 334 g/mol. The summed E-state index contributed by atoms with van der Waals surface area (Å²) in [5, 5.41) is 7.27. The maximum Gasteiger partial charge on any atom is 0.239 e. The van der Waals surface area contributed by atoms with Gasteiger partial charge in [-0.25, -0.2) is 4.98 Å². The molecule has 0 unspecified atom stereocenters. The molecule has 2 N–H and O–H groups in total. The van der Waals surface area contributed by atoms with E-state index in [9.17, 15) is 4.79 Å². The number of amides is 1. The summed E-state index contributed by atoms with van der Waals surface area (Å²) >= 11 is 1.68. The summed E-state index contributed by atoms with van der Waals surface area (Å²) in [5.41, 5.74) is 2.06. The van der Waals surface area contributed by atoms with Gasteiger partial charge in [-0.1, -0.05) is 23.5 Å². The van der Waals surface area contributed by atoms with Crippen LogP contribution in [0.4, 0.5) is 5.13 Å². The zero-order chi connectivity index (χ0) is 17.1. The summed E-state index contributed by atoms with van der Waals surface area (Å²) in [4.78, 5) is 23.4. The highest BCUT2D eigenvalue weighted by Crippen LogP contribution is 2.29. The van der Waals surface area contributed by atoms with Crippen molar-refractivity contribution in [3.05, 3.63) is 54.4 Å². The molecule has 2 aromatic heterocycles. The van der Waals surface area contributed by atoms with Crippen molar-refractivity contribution in [2.24, 2.45) is 0 Å². The molecule has 4 rings (SSSR count). The summed E-state index contributed by atoms with van der Waals surface area (Å²) in [6, 6.07) is 11.7. The van der Waals surface area contributed by atoms with Gasteiger partial charge in [-0.05, 0) is 29.8 Å². The Hall–Kier alpha value is -2.51. The number of piperazine rings is 1. The van der Waals surface area contributed by atoms with Crippen molar-refractivity contribution in [1.29, 1.82) is 0 Å². The smallest absolute Gasteiger partial charge is 0.239 e. The molecule has 1 aliphatic rings. The molecule has 3 aromatic rings. The van der Waals surface area contributed by atoms with Crippen molar-refractivity contribution in [2.45, 2.75) is 12.6 Å². The second kappa shape index (κ2) is 7.16.